The molecule has 0 saturated carbocycles. The third-order valence-electron chi connectivity index (χ3n) is 3.28. The maximum atomic E-state index is 11.9. The van der Waals surface area contributed by atoms with Crippen molar-refractivity contribution in [1.82, 2.24) is 9.29 Å². The lowest BCUT2D eigenvalue weighted by Crippen LogP contribution is -2.36. The molecule has 0 aliphatic carbocycles. The maximum absolute atomic E-state index is 11.9. The summed E-state index contributed by atoms with van der Waals surface area (Å²) in [5.74, 6) is 0.00534. The number of hydrogen-bond donors (Lipinski definition) is 1. The Hall–Kier alpha value is -1.25. The lowest BCUT2D eigenvalue weighted by atomic mass is 10.2. The third kappa shape index (κ3) is 3.90. The van der Waals surface area contributed by atoms with Crippen molar-refractivity contribution in [3.8, 4) is 0 Å². The molecule has 21 heavy (non-hydrogen) atoms. The van der Waals surface area contributed by atoms with Gasteiger partial charge in [0.05, 0.1) is 11.4 Å². The number of thiazole rings is 1. The van der Waals surface area contributed by atoms with Crippen molar-refractivity contribution in [3.05, 3.63) is 23.2 Å². The molecule has 8 heteroatoms. The fourth-order valence-electron chi connectivity index (χ4n) is 2.06. The van der Waals surface area contributed by atoms with E-state index in [0.717, 1.165) is 10.6 Å². The van der Waals surface area contributed by atoms with Gasteiger partial charge in [-0.05, 0) is 13.3 Å². The summed E-state index contributed by atoms with van der Waals surface area (Å²) in [7, 11) is -3.18. The van der Waals surface area contributed by atoms with E-state index in [9.17, 15) is 13.2 Å². The molecule has 1 aliphatic heterocycles. The van der Waals surface area contributed by atoms with Gasteiger partial charge in [-0.2, -0.15) is 4.31 Å². The van der Waals surface area contributed by atoms with Crippen LogP contribution in [0.5, 0.6) is 0 Å². The number of carbonyl (C=O) groups is 1. The number of aromatic nitrogens is 1. The van der Waals surface area contributed by atoms with Gasteiger partial charge in [0.2, 0.25) is 15.9 Å². The molecule has 1 aromatic heterocycles. The number of sulfonamides is 1. The maximum Gasteiger partial charge on any atom is 0.226 e. The van der Waals surface area contributed by atoms with E-state index in [4.69, 9.17) is 0 Å². The fraction of sp³-hybridized carbons (Fsp3) is 0.538. The topological polar surface area (TPSA) is 79.4 Å². The minimum Gasteiger partial charge on any atom is -0.302 e. The summed E-state index contributed by atoms with van der Waals surface area (Å²) >= 11 is 1.35. The average molecular weight is 329 g/mol. The number of anilines is 1. The highest BCUT2D eigenvalue weighted by Gasteiger charge is 2.27. The van der Waals surface area contributed by atoms with E-state index in [0.29, 0.717) is 37.5 Å². The first-order valence-electron chi connectivity index (χ1n) is 6.83. The van der Waals surface area contributed by atoms with Crippen molar-refractivity contribution in [2.24, 2.45) is 0 Å². The Morgan fingerprint density at radius 2 is 2.33 bits per heavy atom. The highest BCUT2D eigenvalue weighted by molar-refractivity contribution is 7.89. The Morgan fingerprint density at radius 3 is 3.00 bits per heavy atom. The molecule has 1 aromatic rings. The Bertz CT molecular complexity index is 637. The van der Waals surface area contributed by atoms with Crippen LogP contribution in [0.1, 0.15) is 30.3 Å². The summed E-state index contributed by atoms with van der Waals surface area (Å²) in [5.41, 5.74) is 0.890. The van der Waals surface area contributed by atoms with Crippen molar-refractivity contribution >= 4 is 32.4 Å². The molecule has 0 saturated heterocycles. The van der Waals surface area contributed by atoms with Gasteiger partial charge in [-0.15, -0.1) is 17.9 Å². The van der Waals surface area contributed by atoms with Crippen LogP contribution in [0.3, 0.4) is 0 Å². The second-order valence-electron chi connectivity index (χ2n) is 4.75. The largest absolute Gasteiger partial charge is 0.302 e. The molecule has 1 N–H and O–H groups in total. The molecule has 1 amide bonds. The third-order valence-corrected chi connectivity index (χ3v) is 6.10. The summed E-state index contributed by atoms with van der Waals surface area (Å²) in [5, 5.41) is 3.30. The molecule has 0 unspecified atom stereocenters. The van der Waals surface area contributed by atoms with Gasteiger partial charge < -0.3 is 5.32 Å². The number of rotatable bonds is 6. The molecule has 6 nitrogen and oxygen atoms in total. The molecular weight excluding hydrogens is 310 g/mol. The van der Waals surface area contributed by atoms with E-state index in [1.807, 2.05) is 0 Å². The van der Waals surface area contributed by atoms with Crippen LogP contribution >= 0.6 is 11.3 Å². The molecule has 0 atom stereocenters. The van der Waals surface area contributed by atoms with E-state index in [2.05, 4.69) is 16.9 Å². The fourth-order valence-corrected chi connectivity index (χ4v) is 4.24. The van der Waals surface area contributed by atoms with Gasteiger partial charge in [-0.1, -0.05) is 6.08 Å². The zero-order valence-electron chi connectivity index (χ0n) is 12.0. The second kappa shape index (κ2) is 6.67. The van der Waals surface area contributed by atoms with Crippen LogP contribution in [-0.2, 0) is 27.8 Å². The minimum atomic E-state index is -3.18. The zero-order chi connectivity index (χ0) is 15.5. The van der Waals surface area contributed by atoms with Gasteiger partial charge in [0, 0.05) is 30.8 Å². The van der Waals surface area contributed by atoms with Gasteiger partial charge in [0.25, 0.3) is 0 Å². The normalized spacial score (nSPS) is 15.5. The van der Waals surface area contributed by atoms with Crippen LogP contribution < -0.4 is 5.32 Å². The Morgan fingerprint density at radius 1 is 1.57 bits per heavy atom. The van der Waals surface area contributed by atoms with Crippen molar-refractivity contribution < 1.29 is 13.2 Å². The van der Waals surface area contributed by atoms with Gasteiger partial charge in [0.15, 0.2) is 5.13 Å². The van der Waals surface area contributed by atoms with Crippen LogP contribution in [0.15, 0.2) is 12.7 Å². The molecule has 2 heterocycles. The Labute approximate surface area is 128 Å². The van der Waals surface area contributed by atoms with Crippen LogP contribution in [0.4, 0.5) is 5.13 Å². The summed E-state index contributed by atoms with van der Waals surface area (Å²) in [6, 6.07) is 0. The lowest BCUT2D eigenvalue weighted by Gasteiger charge is -2.24. The first kappa shape index (κ1) is 16.1. The van der Waals surface area contributed by atoms with Crippen LogP contribution in [0.25, 0.3) is 0 Å². The van der Waals surface area contributed by atoms with E-state index in [1.165, 1.54) is 15.6 Å². The highest BCUT2D eigenvalue weighted by atomic mass is 32.2. The number of nitrogens with zero attached hydrogens (tertiary/aromatic N) is 2. The first-order valence-corrected chi connectivity index (χ1v) is 9.26. The predicted octanol–water partition coefficient (Wildman–Crippen LogP) is 1.76. The Balaban J connectivity index is 2.06. The number of hydrogen-bond acceptors (Lipinski definition) is 5. The van der Waals surface area contributed by atoms with Crippen molar-refractivity contribution in [2.75, 3.05) is 17.6 Å². The molecule has 0 bridgehead atoms. The van der Waals surface area contributed by atoms with Crippen molar-refractivity contribution in [2.45, 2.75) is 32.7 Å². The Kier molecular flexibility index (Phi) is 5.13. The van der Waals surface area contributed by atoms with Crippen LogP contribution in [0.2, 0.25) is 0 Å². The molecule has 116 valence electrons. The summed E-state index contributed by atoms with van der Waals surface area (Å²) < 4.78 is 25.3. The zero-order valence-corrected chi connectivity index (χ0v) is 13.6. The van der Waals surface area contributed by atoms with Gasteiger partial charge in [0.1, 0.15) is 0 Å². The van der Waals surface area contributed by atoms with Gasteiger partial charge in [-0.3, -0.25) is 4.79 Å². The molecular formula is C13H19N3O3S2. The monoisotopic (exact) mass is 329 g/mol. The van der Waals surface area contributed by atoms with Crippen LogP contribution in [-0.4, -0.2) is 35.9 Å². The summed E-state index contributed by atoms with van der Waals surface area (Å²) in [6.07, 6.45) is 3.29. The lowest BCUT2D eigenvalue weighted by molar-refractivity contribution is -0.116. The molecule has 0 spiro atoms. The van der Waals surface area contributed by atoms with E-state index in [1.54, 1.807) is 13.0 Å². The van der Waals surface area contributed by atoms with Crippen molar-refractivity contribution in [3.63, 3.8) is 0 Å². The number of nitrogens with one attached hydrogen (secondary N) is 1. The molecule has 0 fully saturated rings. The number of amides is 1. The van der Waals surface area contributed by atoms with Crippen molar-refractivity contribution in [1.29, 1.82) is 0 Å². The molecule has 2 rings (SSSR count). The van der Waals surface area contributed by atoms with E-state index in [-0.39, 0.29) is 11.7 Å². The first-order chi connectivity index (χ1) is 9.96. The second-order valence-corrected chi connectivity index (χ2v) is 8.09. The standard InChI is InChI=1S/C13H19N3O3S2/c1-3-5-6-12(17)15-13-14-10-7-8-16(9-11(10)20-13)21(18,19)4-2/h3H,1,4-9H2,2H3,(H,14,15,17). The molecule has 1 aliphatic rings. The average Bonchev–Trinajstić information content (AvgIpc) is 2.86. The molecule has 0 aromatic carbocycles. The summed E-state index contributed by atoms with van der Waals surface area (Å²) in [6.45, 7) is 6.03. The SMILES string of the molecule is C=CCCC(=O)Nc1nc2c(s1)CN(S(=O)(=O)CC)CC2. The highest BCUT2D eigenvalue weighted by Crippen LogP contribution is 2.29. The van der Waals surface area contributed by atoms with Gasteiger partial charge in [-0.25, -0.2) is 13.4 Å². The molecule has 0 radical (unpaired) electrons. The number of carbonyl (C=O) groups excluding carboxylic acids is 1. The number of allylic oxidation sites excluding steroid dienone is 1. The predicted molar refractivity (Wildman–Crippen MR) is 83.7 cm³/mol. The van der Waals surface area contributed by atoms with Gasteiger partial charge >= 0.3 is 0 Å². The minimum absolute atomic E-state index is 0.0981. The van der Waals surface area contributed by atoms with E-state index < -0.39 is 10.0 Å². The number of fused-ring (bicyclic) bond motifs is 1. The summed E-state index contributed by atoms with van der Waals surface area (Å²) in [4.78, 5) is 17.0. The quantitative estimate of drug-likeness (QED) is 0.807. The van der Waals surface area contributed by atoms with E-state index >= 15 is 0 Å². The smallest absolute Gasteiger partial charge is 0.226 e. The van der Waals surface area contributed by atoms with Crippen LogP contribution in [0, 0.1) is 0 Å².